The summed E-state index contributed by atoms with van der Waals surface area (Å²) in [5.74, 6) is 1.21. The first-order chi connectivity index (χ1) is 14.5. The molecule has 1 aromatic carbocycles. The monoisotopic (exact) mass is 457 g/mol. The highest BCUT2D eigenvalue weighted by molar-refractivity contribution is 6.36. The molecule has 0 saturated carbocycles. The lowest BCUT2D eigenvalue weighted by Crippen LogP contribution is -2.17. The number of nitrogens with zero attached hydrogens (tertiary/aromatic N) is 5. The van der Waals surface area contributed by atoms with Gasteiger partial charge in [0.15, 0.2) is 0 Å². The maximum Gasteiger partial charge on any atom is 0.210 e. The van der Waals surface area contributed by atoms with Crippen LogP contribution in [-0.2, 0) is 0 Å². The standard InChI is InChI=1S/C20H14Cl3N7/c21-13-2-3-14(15(22)7-13)16-8-19-28-11-17(23)30(19)20(29-16)26-6-5-25-18-4-1-12(9-24)10-27-18/h1-4,7-8,10-11H,5-6H2,(H,25,27)(H,26,29). The molecule has 0 bridgehead atoms. The van der Waals surface area contributed by atoms with Crippen molar-refractivity contribution in [3.63, 3.8) is 0 Å². The third kappa shape index (κ3) is 4.26. The molecule has 0 aliphatic rings. The summed E-state index contributed by atoms with van der Waals surface area (Å²) >= 11 is 18.7. The van der Waals surface area contributed by atoms with Crippen molar-refractivity contribution in [2.45, 2.75) is 0 Å². The molecule has 0 unspecified atom stereocenters. The lowest BCUT2D eigenvalue weighted by Gasteiger charge is -2.12. The summed E-state index contributed by atoms with van der Waals surface area (Å²) in [5.41, 5.74) is 2.54. The Morgan fingerprint density at radius 3 is 2.53 bits per heavy atom. The van der Waals surface area contributed by atoms with Crippen molar-refractivity contribution in [3.05, 3.63) is 69.6 Å². The molecule has 0 aliphatic carbocycles. The second kappa shape index (κ2) is 8.76. The Morgan fingerprint density at radius 2 is 1.80 bits per heavy atom. The summed E-state index contributed by atoms with van der Waals surface area (Å²) in [6, 6.07) is 12.6. The number of rotatable bonds is 6. The molecule has 0 atom stereocenters. The van der Waals surface area contributed by atoms with E-state index in [0.717, 1.165) is 5.56 Å². The molecular formula is C20H14Cl3N7. The number of hydrogen-bond acceptors (Lipinski definition) is 6. The van der Waals surface area contributed by atoms with E-state index in [0.29, 0.717) is 57.0 Å². The molecule has 7 nitrogen and oxygen atoms in total. The molecule has 0 aliphatic heterocycles. The molecule has 0 fully saturated rings. The van der Waals surface area contributed by atoms with Crippen molar-refractivity contribution in [2.24, 2.45) is 0 Å². The van der Waals surface area contributed by atoms with E-state index in [9.17, 15) is 0 Å². The maximum absolute atomic E-state index is 8.83. The second-order valence-electron chi connectivity index (χ2n) is 6.26. The Balaban J connectivity index is 1.55. The predicted octanol–water partition coefficient (Wildman–Crippen LogP) is 5.15. The minimum absolute atomic E-state index is 0.440. The molecule has 30 heavy (non-hydrogen) atoms. The van der Waals surface area contributed by atoms with Gasteiger partial charge in [0.2, 0.25) is 5.95 Å². The largest absolute Gasteiger partial charge is 0.368 e. The van der Waals surface area contributed by atoms with E-state index in [2.05, 4.69) is 25.6 Å². The summed E-state index contributed by atoms with van der Waals surface area (Å²) in [7, 11) is 0. The van der Waals surface area contributed by atoms with Crippen LogP contribution in [0.3, 0.4) is 0 Å². The summed E-state index contributed by atoms with van der Waals surface area (Å²) in [5, 5.41) is 16.8. The minimum Gasteiger partial charge on any atom is -0.368 e. The fraction of sp³-hybridized carbons (Fsp3) is 0.100. The van der Waals surface area contributed by atoms with Gasteiger partial charge in [-0.2, -0.15) is 5.26 Å². The molecule has 3 aromatic heterocycles. The number of aromatic nitrogens is 4. The zero-order valence-corrected chi connectivity index (χ0v) is 17.7. The molecule has 150 valence electrons. The highest BCUT2D eigenvalue weighted by atomic mass is 35.5. The number of nitriles is 1. The first-order valence-electron chi connectivity index (χ1n) is 8.88. The maximum atomic E-state index is 8.83. The van der Waals surface area contributed by atoms with Gasteiger partial charge in [-0.05, 0) is 30.3 Å². The Labute approximate surface area is 187 Å². The van der Waals surface area contributed by atoms with Crippen molar-refractivity contribution < 1.29 is 0 Å². The van der Waals surface area contributed by atoms with Crippen molar-refractivity contribution >= 4 is 52.2 Å². The predicted molar refractivity (Wildman–Crippen MR) is 119 cm³/mol. The topological polar surface area (TPSA) is 90.9 Å². The lowest BCUT2D eigenvalue weighted by molar-refractivity contribution is 0.995. The number of hydrogen-bond donors (Lipinski definition) is 2. The molecule has 0 saturated heterocycles. The van der Waals surface area contributed by atoms with Crippen LogP contribution < -0.4 is 10.6 Å². The molecular weight excluding hydrogens is 445 g/mol. The van der Waals surface area contributed by atoms with Crippen molar-refractivity contribution in [2.75, 3.05) is 23.7 Å². The van der Waals surface area contributed by atoms with E-state index < -0.39 is 0 Å². The zero-order chi connectivity index (χ0) is 21.1. The molecule has 2 N–H and O–H groups in total. The van der Waals surface area contributed by atoms with Crippen LogP contribution in [0.5, 0.6) is 0 Å². The SMILES string of the molecule is N#Cc1ccc(NCCNc2nc(-c3ccc(Cl)cc3Cl)cc3ncc(Cl)n23)nc1. The van der Waals surface area contributed by atoms with E-state index in [1.54, 1.807) is 34.9 Å². The Hall–Kier alpha value is -3.05. The third-order valence-corrected chi connectivity index (χ3v) is 5.08. The fourth-order valence-electron chi connectivity index (χ4n) is 2.86. The van der Waals surface area contributed by atoms with Crippen molar-refractivity contribution in [1.82, 2.24) is 19.4 Å². The number of pyridine rings is 1. The minimum atomic E-state index is 0.440. The van der Waals surface area contributed by atoms with Gasteiger partial charge in [-0.1, -0.05) is 34.8 Å². The smallest absolute Gasteiger partial charge is 0.210 e. The van der Waals surface area contributed by atoms with Crippen LogP contribution in [0.4, 0.5) is 11.8 Å². The van der Waals surface area contributed by atoms with E-state index in [1.165, 1.54) is 6.20 Å². The van der Waals surface area contributed by atoms with Gasteiger partial charge in [0.25, 0.3) is 0 Å². The van der Waals surface area contributed by atoms with E-state index in [-0.39, 0.29) is 0 Å². The number of halogens is 3. The summed E-state index contributed by atoms with van der Waals surface area (Å²) in [6.45, 7) is 1.11. The van der Waals surface area contributed by atoms with Gasteiger partial charge in [0, 0.05) is 35.9 Å². The lowest BCUT2D eigenvalue weighted by atomic mass is 10.1. The van der Waals surface area contributed by atoms with Crippen LogP contribution in [0.2, 0.25) is 15.2 Å². The van der Waals surface area contributed by atoms with Crippen molar-refractivity contribution in [1.29, 1.82) is 5.26 Å². The van der Waals surface area contributed by atoms with Crippen LogP contribution >= 0.6 is 34.8 Å². The van der Waals surface area contributed by atoms with E-state index in [4.69, 9.17) is 40.1 Å². The van der Waals surface area contributed by atoms with Gasteiger partial charge >= 0.3 is 0 Å². The molecule has 10 heteroatoms. The number of anilines is 2. The van der Waals surface area contributed by atoms with Crippen molar-refractivity contribution in [3.8, 4) is 17.3 Å². The van der Waals surface area contributed by atoms with Crippen LogP contribution in [0, 0.1) is 11.3 Å². The molecule has 4 rings (SSSR count). The molecule has 0 radical (unpaired) electrons. The normalized spacial score (nSPS) is 10.7. The zero-order valence-electron chi connectivity index (χ0n) is 15.4. The summed E-state index contributed by atoms with van der Waals surface area (Å²) in [4.78, 5) is 13.2. The Kier molecular flexibility index (Phi) is 5.91. The average molecular weight is 459 g/mol. The van der Waals surface area contributed by atoms with Gasteiger partial charge in [-0.15, -0.1) is 0 Å². The van der Waals surface area contributed by atoms with Gasteiger partial charge in [-0.3, -0.25) is 4.40 Å². The van der Waals surface area contributed by atoms with Crippen LogP contribution in [0.25, 0.3) is 16.9 Å². The molecule has 0 spiro atoms. The fourth-order valence-corrected chi connectivity index (χ4v) is 3.58. The van der Waals surface area contributed by atoms with Gasteiger partial charge in [-0.25, -0.2) is 15.0 Å². The number of nitrogens with one attached hydrogen (secondary N) is 2. The first-order valence-corrected chi connectivity index (χ1v) is 10.0. The number of imidazole rings is 1. The second-order valence-corrected chi connectivity index (χ2v) is 7.49. The highest BCUT2D eigenvalue weighted by Crippen LogP contribution is 2.31. The molecule has 3 heterocycles. The Bertz CT molecular complexity index is 1250. The first kappa shape index (κ1) is 20.2. The van der Waals surface area contributed by atoms with E-state index in [1.807, 2.05) is 18.2 Å². The van der Waals surface area contributed by atoms with E-state index >= 15 is 0 Å². The quantitative estimate of drug-likeness (QED) is 0.388. The highest BCUT2D eigenvalue weighted by Gasteiger charge is 2.13. The number of benzene rings is 1. The Morgan fingerprint density at radius 1 is 0.967 bits per heavy atom. The van der Waals surface area contributed by atoms with Crippen LogP contribution in [-0.4, -0.2) is 32.4 Å². The van der Waals surface area contributed by atoms with Crippen LogP contribution in [0.1, 0.15) is 5.56 Å². The summed E-state index contributed by atoms with van der Waals surface area (Å²) in [6.07, 6.45) is 3.08. The van der Waals surface area contributed by atoms with Crippen LogP contribution in [0.15, 0.2) is 48.8 Å². The molecule has 4 aromatic rings. The average Bonchev–Trinajstić information content (AvgIpc) is 3.12. The third-order valence-electron chi connectivity index (χ3n) is 4.26. The summed E-state index contributed by atoms with van der Waals surface area (Å²) < 4.78 is 1.72. The molecule has 0 amide bonds. The number of fused-ring (bicyclic) bond motifs is 1. The van der Waals surface area contributed by atoms with Gasteiger partial charge in [0.1, 0.15) is 22.7 Å². The van der Waals surface area contributed by atoms with Gasteiger partial charge < -0.3 is 10.6 Å². The van der Waals surface area contributed by atoms with Gasteiger partial charge in [0.05, 0.1) is 22.5 Å².